The smallest absolute Gasteiger partial charge is 0.313 e. The Bertz CT molecular complexity index is 1060. The third-order valence-corrected chi connectivity index (χ3v) is 6.99. The van der Waals surface area contributed by atoms with Gasteiger partial charge in [0.25, 0.3) is 0 Å². The molecule has 4 rings (SSSR count). The van der Waals surface area contributed by atoms with Crippen molar-refractivity contribution in [2.24, 2.45) is 5.41 Å². The molecule has 0 bridgehead atoms. The fourth-order valence-electron chi connectivity index (χ4n) is 4.95. The summed E-state index contributed by atoms with van der Waals surface area (Å²) in [6.07, 6.45) is 2.73. The van der Waals surface area contributed by atoms with Gasteiger partial charge in [-0.05, 0) is 55.4 Å². The lowest BCUT2D eigenvalue weighted by Gasteiger charge is -2.44. The molecule has 1 unspecified atom stereocenters. The van der Waals surface area contributed by atoms with Crippen LogP contribution in [0.4, 0.5) is 4.39 Å². The van der Waals surface area contributed by atoms with Crippen molar-refractivity contribution in [2.75, 3.05) is 20.9 Å². The Morgan fingerprint density at radius 3 is 2.45 bits per heavy atom. The third kappa shape index (κ3) is 4.05. The first kappa shape index (κ1) is 23.1. The molecule has 1 N–H and O–H groups in total. The first-order chi connectivity index (χ1) is 15.9. The summed E-state index contributed by atoms with van der Waals surface area (Å²) in [5, 5.41) is 10.0. The maximum Gasteiger partial charge on any atom is 0.313 e. The van der Waals surface area contributed by atoms with Crippen LogP contribution in [0, 0.1) is 5.41 Å². The van der Waals surface area contributed by atoms with E-state index in [-0.39, 0.29) is 18.6 Å². The molecule has 2 aliphatic rings. The van der Waals surface area contributed by atoms with Crippen LogP contribution in [-0.2, 0) is 11.2 Å². The zero-order valence-electron chi connectivity index (χ0n) is 19.0. The second-order valence-electron chi connectivity index (χ2n) is 8.73. The van der Waals surface area contributed by atoms with E-state index < -0.39 is 24.2 Å². The van der Waals surface area contributed by atoms with Gasteiger partial charge in [-0.25, -0.2) is 0 Å². The molecule has 0 radical (unpaired) electrons. The number of rotatable bonds is 10. The van der Waals surface area contributed by atoms with Crippen molar-refractivity contribution in [2.45, 2.75) is 51.0 Å². The van der Waals surface area contributed by atoms with E-state index in [9.17, 15) is 19.1 Å². The van der Waals surface area contributed by atoms with Gasteiger partial charge in [0.1, 0.15) is 11.5 Å². The molecule has 7 heteroatoms. The van der Waals surface area contributed by atoms with Crippen molar-refractivity contribution in [3.05, 3.63) is 41.5 Å². The minimum atomic E-state index is -1.05. The summed E-state index contributed by atoms with van der Waals surface area (Å²) >= 11 is 0. The van der Waals surface area contributed by atoms with Crippen molar-refractivity contribution >= 4 is 11.8 Å². The van der Waals surface area contributed by atoms with Crippen LogP contribution in [0.1, 0.15) is 54.4 Å². The van der Waals surface area contributed by atoms with Crippen LogP contribution >= 0.6 is 0 Å². The maximum absolute atomic E-state index is 13.1. The molecule has 33 heavy (non-hydrogen) atoms. The summed E-state index contributed by atoms with van der Waals surface area (Å²) < 4.78 is 30.7. The van der Waals surface area contributed by atoms with Gasteiger partial charge in [-0.15, -0.1) is 0 Å². The van der Waals surface area contributed by atoms with E-state index in [0.29, 0.717) is 48.5 Å². The van der Waals surface area contributed by atoms with Gasteiger partial charge >= 0.3 is 5.97 Å². The molecule has 1 atom stereocenters. The number of benzene rings is 2. The van der Waals surface area contributed by atoms with Crippen molar-refractivity contribution in [3.63, 3.8) is 0 Å². The number of aliphatic carboxylic acids is 1. The van der Waals surface area contributed by atoms with Crippen LogP contribution in [0.3, 0.4) is 0 Å². The fraction of sp³-hybridized carbons (Fsp3) is 0.462. The highest BCUT2D eigenvalue weighted by atomic mass is 19.1. The Balaban J connectivity index is 1.81. The minimum Gasteiger partial charge on any atom is -0.493 e. The van der Waals surface area contributed by atoms with Crippen LogP contribution < -0.4 is 14.2 Å². The number of halogens is 1. The molecule has 0 aromatic heterocycles. The predicted molar refractivity (Wildman–Crippen MR) is 121 cm³/mol. The van der Waals surface area contributed by atoms with E-state index >= 15 is 0 Å². The van der Waals surface area contributed by atoms with Gasteiger partial charge in [0, 0.05) is 17.5 Å². The van der Waals surface area contributed by atoms with Crippen LogP contribution in [-0.4, -0.2) is 43.9 Å². The van der Waals surface area contributed by atoms with Crippen molar-refractivity contribution in [1.82, 2.24) is 0 Å². The molecule has 6 nitrogen and oxygen atoms in total. The Labute approximate surface area is 192 Å². The largest absolute Gasteiger partial charge is 0.493 e. The van der Waals surface area contributed by atoms with Gasteiger partial charge in [-0.1, -0.05) is 24.6 Å². The monoisotopic (exact) mass is 456 g/mol. The fourth-order valence-corrected chi connectivity index (χ4v) is 4.95. The summed E-state index contributed by atoms with van der Waals surface area (Å²) in [6, 6.07) is 9.28. The van der Waals surface area contributed by atoms with Gasteiger partial charge in [0.2, 0.25) is 5.75 Å². The number of carboxylic acids is 1. The number of methoxy groups -OCH3 is 2. The summed E-state index contributed by atoms with van der Waals surface area (Å²) in [4.78, 5) is 24.3. The first-order valence-electron chi connectivity index (χ1n) is 11.3. The number of carbonyl (C=O) groups is 2. The average Bonchev–Trinajstić information content (AvgIpc) is 3.15. The molecule has 1 saturated carbocycles. The van der Waals surface area contributed by atoms with Crippen LogP contribution in [0.15, 0.2) is 30.3 Å². The number of ether oxygens (including phenoxy) is 3. The van der Waals surface area contributed by atoms with Crippen molar-refractivity contribution in [3.8, 4) is 28.4 Å². The Morgan fingerprint density at radius 1 is 1.09 bits per heavy atom. The molecule has 2 aliphatic carbocycles. The highest BCUT2D eigenvalue weighted by Crippen LogP contribution is 2.51. The molecule has 0 amide bonds. The topological polar surface area (TPSA) is 82.1 Å². The van der Waals surface area contributed by atoms with Gasteiger partial charge in [-0.3, -0.25) is 14.0 Å². The number of carbonyl (C=O) groups excluding carboxylic acids is 1. The molecule has 2 aromatic carbocycles. The standard InChI is InChI=1S/C26H29FO6/c1-31-21-11-9-19(17-6-8-18-16(15-17)7-10-20(18)28)23(24(21)32-2)33-22(5-3-14-27)26(25(29)30)12-4-13-26/h6,8-9,11,15,22H,3-5,7,10,12-14H2,1-2H3,(H,29,30). The van der Waals surface area contributed by atoms with E-state index in [2.05, 4.69) is 0 Å². The molecule has 0 saturated heterocycles. The highest BCUT2D eigenvalue weighted by Gasteiger charge is 2.52. The first-order valence-corrected chi connectivity index (χ1v) is 11.3. The van der Waals surface area contributed by atoms with Gasteiger partial charge in [-0.2, -0.15) is 0 Å². The lowest BCUT2D eigenvalue weighted by atomic mass is 9.64. The third-order valence-electron chi connectivity index (χ3n) is 6.99. The number of fused-ring (bicyclic) bond motifs is 1. The van der Waals surface area contributed by atoms with Crippen LogP contribution in [0.5, 0.6) is 17.2 Å². The van der Waals surface area contributed by atoms with Crippen molar-refractivity contribution in [1.29, 1.82) is 0 Å². The number of Topliss-reactive ketones (excluding diaryl/α,β-unsaturated/α-hetero) is 1. The number of ketones is 1. The van der Waals surface area contributed by atoms with Gasteiger partial charge in [0.05, 0.1) is 20.9 Å². The summed E-state index contributed by atoms with van der Waals surface area (Å²) in [7, 11) is 3.02. The maximum atomic E-state index is 13.1. The van der Waals surface area contributed by atoms with Gasteiger partial charge < -0.3 is 19.3 Å². The highest BCUT2D eigenvalue weighted by molar-refractivity contribution is 6.01. The summed E-state index contributed by atoms with van der Waals surface area (Å²) in [5.41, 5.74) is 2.21. The zero-order valence-corrected chi connectivity index (χ0v) is 19.0. The molecule has 2 aromatic rings. The van der Waals surface area contributed by atoms with E-state index in [0.717, 1.165) is 23.1 Å². The normalized spacial score (nSPS) is 17.1. The molecule has 1 fully saturated rings. The number of alkyl halides is 1. The molecule has 0 heterocycles. The van der Waals surface area contributed by atoms with E-state index in [4.69, 9.17) is 14.2 Å². The lowest BCUT2D eigenvalue weighted by molar-refractivity contribution is -0.164. The zero-order chi connectivity index (χ0) is 23.6. The van der Waals surface area contributed by atoms with Crippen LogP contribution in [0.2, 0.25) is 0 Å². The molecular formula is C26H29FO6. The predicted octanol–water partition coefficient (Wildman–Crippen LogP) is 5.25. The number of aryl methyl sites for hydroxylation is 1. The lowest BCUT2D eigenvalue weighted by Crippen LogP contribution is -2.50. The Morgan fingerprint density at radius 2 is 1.85 bits per heavy atom. The number of carboxylic acid groups (broad SMARTS) is 1. The average molecular weight is 457 g/mol. The summed E-state index contributed by atoms with van der Waals surface area (Å²) in [6.45, 7) is -0.545. The van der Waals surface area contributed by atoms with Crippen molar-refractivity contribution < 1.29 is 33.3 Å². The molecule has 0 aliphatic heterocycles. The SMILES string of the molecule is COc1ccc(-c2ccc3c(c2)CCC3=O)c(OC(CCCF)C2(C(=O)O)CCC2)c1OC. The number of hydrogen-bond donors (Lipinski definition) is 1. The Hall–Kier alpha value is -3.09. The van der Waals surface area contributed by atoms with E-state index in [1.807, 2.05) is 24.3 Å². The quantitative estimate of drug-likeness (QED) is 0.526. The molecule has 176 valence electrons. The second kappa shape index (κ2) is 9.41. The van der Waals surface area contributed by atoms with Gasteiger partial charge in [0.15, 0.2) is 17.3 Å². The Kier molecular flexibility index (Phi) is 6.58. The minimum absolute atomic E-state index is 0.139. The van der Waals surface area contributed by atoms with E-state index in [1.165, 1.54) is 14.2 Å². The number of hydrogen-bond acceptors (Lipinski definition) is 5. The molecular weight excluding hydrogens is 427 g/mol. The molecule has 0 spiro atoms. The second-order valence-corrected chi connectivity index (χ2v) is 8.73. The van der Waals surface area contributed by atoms with Crippen LogP contribution in [0.25, 0.3) is 11.1 Å². The van der Waals surface area contributed by atoms with E-state index in [1.54, 1.807) is 6.07 Å². The summed E-state index contributed by atoms with van der Waals surface area (Å²) in [5.74, 6) is 0.404.